The first-order valence-electron chi connectivity index (χ1n) is 8.57. The summed E-state index contributed by atoms with van der Waals surface area (Å²) >= 11 is 1.48. The van der Waals surface area contributed by atoms with Crippen molar-refractivity contribution in [2.45, 2.75) is 13.8 Å². The molecular weight excluding hydrogens is 358 g/mol. The Morgan fingerprint density at radius 1 is 1.07 bits per heavy atom. The number of amidine groups is 1. The van der Waals surface area contributed by atoms with Crippen LogP contribution in [0.5, 0.6) is 5.75 Å². The van der Waals surface area contributed by atoms with Crippen LogP contribution in [0.25, 0.3) is 16.8 Å². The van der Waals surface area contributed by atoms with Crippen molar-refractivity contribution in [3.8, 4) is 17.0 Å². The van der Waals surface area contributed by atoms with Gasteiger partial charge in [0, 0.05) is 16.1 Å². The molecule has 0 bridgehead atoms. The monoisotopic (exact) mass is 377 g/mol. The van der Waals surface area contributed by atoms with E-state index in [0.717, 1.165) is 27.4 Å². The summed E-state index contributed by atoms with van der Waals surface area (Å²) in [7, 11) is 0. The Balaban J connectivity index is 1.71. The van der Waals surface area contributed by atoms with Gasteiger partial charge in [-0.2, -0.15) is 0 Å². The molecule has 1 aromatic heterocycles. The molecule has 5 nitrogen and oxygen atoms in total. The van der Waals surface area contributed by atoms with E-state index < -0.39 is 0 Å². The lowest BCUT2D eigenvalue weighted by atomic mass is 10.1. The summed E-state index contributed by atoms with van der Waals surface area (Å²) < 4.78 is 0. The summed E-state index contributed by atoms with van der Waals surface area (Å²) in [5, 5.41) is 29.5. The van der Waals surface area contributed by atoms with Gasteiger partial charge in [-0.1, -0.05) is 30.3 Å². The molecule has 2 aromatic carbocycles. The first-order valence-corrected chi connectivity index (χ1v) is 9.38. The van der Waals surface area contributed by atoms with Crippen molar-refractivity contribution in [2.75, 3.05) is 11.4 Å². The topological polar surface area (TPSA) is 80.4 Å². The highest BCUT2D eigenvalue weighted by molar-refractivity contribution is 7.13. The lowest BCUT2D eigenvalue weighted by molar-refractivity contribution is 0.411. The van der Waals surface area contributed by atoms with E-state index in [1.165, 1.54) is 11.3 Å². The van der Waals surface area contributed by atoms with Crippen molar-refractivity contribution in [3.63, 3.8) is 0 Å². The minimum absolute atomic E-state index is 0.140. The third-order valence-corrected chi connectivity index (χ3v) is 5.62. The van der Waals surface area contributed by atoms with Crippen molar-refractivity contribution in [3.05, 3.63) is 69.7 Å². The second-order valence-electron chi connectivity index (χ2n) is 6.52. The molecule has 1 aliphatic heterocycles. The minimum atomic E-state index is 0.140. The van der Waals surface area contributed by atoms with Gasteiger partial charge in [-0.15, -0.1) is 11.3 Å². The van der Waals surface area contributed by atoms with Gasteiger partial charge in [-0.3, -0.25) is 5.41 Å². The Hall–Kier alpha value is -3.12. The van der Waals surface area contributed by atoms with E-state index in [0.29, 0.717) is 10.6 Å². The summed E-state index contributed by atoms with van der Waals surface area (Å²) in [4.78, 5) is 7.50. The van der Waals surface area contributed by atoms with Gasteiger partial charge in [-0.05, 0) is 37.6 Å². The molecule has 0 amide bonds. The molecule has 0 spiro atoms. The van der Waals surface area contributed by atoms with Gasteiger partial charge < -0.3 is 15.1 Å². The largest absolute Gasteiger partial charge is 0.510 e. The highest BCUT2D eigenvalue weighted by Crippen LogP contribution is 2.37. The second-order valence-corrected chi connectivity index (χ2v) is 7.72. The Morgan fingerprint density at radius 3 is 2.52 bits per heavy atom. The highest BCUT2D eigenvalue weighted by Gasteiger charge is 2.32. The van der Waals surface area contributed by atoms with E-state index in [9.17, 15) is 10.2 Å². The predicted octanol–water partition coefficient (Wildman–Crippen LogP) is 4.90. The van der Waals surface area contributed by atoms with Gasteiger partial charge in [0.05, 0.1) is 17.8 Å². The molecule has 4 rings (SSSR count). The van der Waals surface area contributed by atoms with Crippen LogP contribution in [0.2, 0.25) is 0 Å². The Morgan fingerprint density at radius 2 is 1.81 bits per heavy atom. The molecule has 1 aliphatic rings. The van der Waals surface area contributed by atoms with Gasteiger partial charge in [0.25, 0.3) is 0 Å². The van der Waals surface area contributed by atoms with Crippen LogP contribution in [-0.2, 0) is 0 Å². The number of aryl methyl sites for hydroxylation is 2. The number of hydrogen-bond donors (Lipinski definition) is 3. The smallest absolute Gasteiger partial charge is 0.139 e. The maximum Gasteiger partial charge on any atom is 0.139 e. The Kier molecular flexibility index (Phi) is 4.20. The van der Waals surface area contributed by atoms with Gasteiger partial charge in [0.15, 0.2) is 0 Å². The summed E-state index contributed by atoms with van der Waals surface area (Å²) in [5.41, 5.74) is 4.00. The molecule has 0 aliphatic carbocycles. The molecule has 0 fully saturated rings. The summed E-state index contributed by atoms with van der Waals surface area (Å²) in [6.45, 7) is 4.10. The number of anilines is 1. The number of aliphatic hydroxyl groups is 1. The first kappa shape index (κ1) is 17.3. The van der Waals surface area contributed by atoms with Crippen LogP contribution in [0, 0.1) is 19.3 Å². The van der Waals surface area contributed by atoms with Crippen molar-refractivity contribution in [1.82, 2.24) is 4.98 Å². The molecular formula is C21H19N3O2S. The molecule has 0 radical (unpaired) electrons. The average molecular weight is 377 g/mol. The molecule has 136 valence electrons. The van der Waals surface area contributed by atoms with Gasteiger partial charge in [-0.25, -0.2) is 4.98 Å². The lowest BCUT2D eigenvalue weighted by Gasteiger charge is -2.20. The number of aromatic hydroxyl groups is 1. The van der Waals surface area contributed by atoms with E-state index >= 15 is 0 Å². The number of phenols is 1. The maximum absolute atomic E-state index is 10.6. The number of hydrogen-bond acceptors (Lipinski definition) is 5. The third-order valence-electron chi connectivity index (χ3n) is 4.63. The number of nitrogens with one attached hydrogen (secondary N) is 1. The molecule has 2 heterocycles. The maximum atomic E-state index is 10.6. The number of phenolic OH excluding ortho intramolecular Hbond substituents is 1. The fourth-order valence-corrected chi connectivity index (χ4v) is 4.32. The van der Waals surface area contributed by atoms with Gasteiger partial charge in [0.1, 0.15) is 22.4 Å². The van der Waals surface area contributed by atoms with Crippen LogP contribution in [0.15, 0.2) is 54.3 Å². The number of rotatable bonds is 3. The van der Waals surface area contributed by atoms with Crippen LogP contribution in [0.3, 0.4) is 0 Å². The molecule has 0 atom stereocenters. The number of aliphatic hydroxyl groups excluding tert-OH is 1. The molecule has 3 N–H and O–H groups in total. The van der Waals surface area contributed by atoms with Crippen LogP contribution >= 0.6 is 11.3 Å². The average Bonchev–Trinajstić information content (AvgIpc) is 3.15. The number of nitrogens with zero attached hydrogens (tertiary/aromatic N) is 2. The molecule has 27 heavy (non-hydrogen) atoms. The van der Waals surface area contributed by atoms with Crippen molar-refractivity contribution >= 4 is 28.4 Å². The minimum Gasteiger partial charge on any atom is -0.510 e. The zero-order valence-electron chi connectivity index (χ0n) is 15.0. The second kappa shape index (κ2) is 6.55. The zero-order chi connectivity index (χ0) is 19.1. The standard InChI is InChI=1S/C21H19N3O2S/c1-12-10-15(25)8-9-16(12)24-11-17(26)18(20(24)22)21-23-19(13(2)27-21)14-6-4-3-5-7-14/h3-10,22,25-26H,11H2,1-2H3. The summed E-state index contributed by atoms with van der Waals surface area (Å²) in [6.07, 6.45) is 0. The van der Waals surface area contributed by atoms with E-state index in [4.69, 9.17) is 10.4 Å². The SMILES string of the molecule is Cc1cc(O)ccc1N1CC(O)=C(c2nc(-c3ccccc3)c(C)s2)C1=N. The highest BCUT2D eigenvalue weighted by atomic mass is 32.1. The molecule has 0 unspecified atom stereocenters. The first-order chi connectivity index (χ1) is 13.0. The normalized spacial score (nSPS) is 14.3. The Bertz CT molecular complexity index is 1070. The van der Waals surface area contributed by atoms with E-state index in [2.05, 4.69) is 0 Å². The lowest BCUT2D eigenvalue weighted by Crippen LogP contribution is -2.26. The molecule has 0 saturated carbocycles. The Labute approximate surface area is 161 Å². The van der Waals surface area contributed by atoms with Crippen LogP contribution in [0.1, 0.15) is 15.4 Å². The number of aromatic nitrogens is 1. The van der Waals surface area contributed by atoms with Gasteiger partial charge >= 0.3 is 0 Å². The molecule has 6 heteroatoms. The number of benzene rings is 2. The molecule has 3 aromatic rings. The van der Waals surface area contributed by atoms with E-state index in [1.807, 2.05) is 44.2 Å². The predicted molar refractivity (Wildman–Crippen MR) is 110 cm³/mol. The van der Waals surface area contributed by atoms with E-state index in [-0.39, 0.29) is 23.9 Å². The summed E-state index contributed by atoms with van der Waals surface area (Å²) in [6, 6.07) is 14.9. The number of thiazole rings is 1. The third kappa shape index (κ3) is 2.98. The van der Waals surface area contributed by atoms with Crippen LogP contribution in [0.4, 0.5) is 5.69 Å². The van der Waals surface area contributed by atoms with Crippen LogP contribution < -0.4 is 4.90 Å². The van der Waals surface area contributed by atoms with Crippen molar-refractivity contribution in [1.29, 1.82) is 5.41 Å². The van der Waals surface area contributed by atoms with Gasteiger partial charge in [0.2, 0.25) is 0 Å². The summed E-state index contributed by atoms with van der Waals surface area (Å²) in [5.74, 6) is 0.540. The zero-order valence-corrected chi connectivity index (χ0v) is 15.8. The fourth-order valence-electron chi connectivity index (χ4n) is 3.32. The molecule has 0 saturated heterocycles. The van der Waals surface area contributed by atoms with Crippen molar-refractivity contribution < 1.29 is 10.2 Å². The van der Waals surface area contributed by atoms with Crippen LogP contribution in [-0.4, -0.2) is 27.6 Å². The van der Waals surface area contributed by atoms with E-state index in [1.54, 1.807) is 23.1 Å². The fraction of sp³-hybridized carbons (Fsp3) is 0.143. The quantitative estimate of drug-likeness (QED) is 0.606. The van der Waals surface area contributed by atoms with Crippen molar-refractivity contribution in [2.24, 2.45) is 0 Å².